The molecular weight excluding hydrogens is 417 g/mol. The molecule has 0 spiro atoms. The van der Waals surface area contributed by atoms with Crippen molar-refractivity contribution in [2.45, 2.75) is 13.5 Å². The molecular formula is C14H17BrN3O6P. The van der Waals surface area contributed by atoms with Crippen molar-refractivity contribution in [2.75, 3.05) is 20.5 Å². The maximum Gasteiger partial charge on any atom is 0.344 e. The fourth-order valence-corrected chi connectivity index (χ4v) is 3.47. The quantitative estimate of drug-likeness (QED) is 0.662. The number of rotatable bonds is 6. The summed E-state index contributed by atoms with van der Waals surface area (Å²) in [5.41, 5.74) is 1.49. The van der Waals surface area contributed by atoms with Crippen molar-refractivity contribution in [1.82, 2.24) is 14.9 Å². The van der Waals surface area contributed by atoms with Crippen LogP contribution in [0.25, 0.3) is 11.0 Å². The number of aromatic nitrogens is 2. The first-order chi connectivity index (χ1) is 11.6. The Morgan fingerprint density at radius 3 is 2.36 bits per heavy atom. The molecule has 11 heteroatoms. The van der Waals surface area contributed by atoms with E-state index in [1.807, 2.05) is 0 Å². The molecule has 0 aliphatic heterocycles. The Kier molecular flexibility index (Phi) is 5.99. The van der Waals surface area contributed by atoms with Crippen LogP contribution in [0.1, 0.15) is 12.5 Å². The Morgan fingerprint density at radius 1 is 1.24 bits per heavy atom. The lowest BCUT2D eigenvalue weighted by atomic mass is 10.1. The predicted octanol–water partition coefficient (Wildman–Crippen LogP) is 1.89. The van der Waals surface area contributed by atoms with Crippen LogP contribution in [0.15, 0.2) is 16.6 Å². The highest BCUT2D eigenvalue weighted by atomic mass is 79.9. The van der Waals surface area contributed by atoms with Gasteiger partial charge in [0, 0.05) is 23.5 Å². The molecule has 0 radical (unpaired) electrons. The Morgan fingerprint density at radius 2 is 1.84 bits per heavy atom. The predicted molar refractivity (Wildman–Crippen MR) is 93.5 cm³/mol. The molecule has 0 aliphatic carbocycles. The van der Waals surface area contributed by atoms with Gasteiger partial charge in [-0.2, -0.15) is 0 Å². The van der Waals surface area contributed by atoms with Crippen LogP contribution in [-0.2, 0) is 15.9 Å². The van der Waals surface area contributed by atoms with Gasteiger partial charge in [-0.25, -0.2) is 9.97 Å². The van der Waals surface area contributed by atoms with Gasteiger partial charge in [0.15, 0.2) is 0 Å². The molecule has 0 unspecified atom stereocenters. The zero-order valence-electron chi connectivity index (χ0n) is 13.8. The largest absolute Gasteiger partial charge is 0.477 e. The van der Waals surface area contributed by atoms with Gasteiger partial charge in [0.25, 0.3) is 11.8 Å². The van der Waals surface area contributed by atoms with E-state index >= 15 is 0 Å². The minimum absolute atomic E-state index is 0.0411. The summed E-state index contributed by atoms with van der Waals surface area (Å²) in [6.07, 6.45) is -0.683. The van der Waals surface area contributed by atoms with E-state index in [4.69, 9.17) is 9.47 Å². The summed E-state index contributed by atoms with van der Waals surface area (Å²) in [4.78, 5) is 39.8. The zero-order chi connectivity index (χ0) is 18.8. The van der Waals surface area contributed by atoms with Gasteiger partial charge in [-0.15, -0.1) is 0 Å². The highest BCUT2D eigenvalue weighted by molar-refractivity contribution is 9.10. The molecule has 0 aliphatic rings. The maximum atomic E-state index is 11.8. The van der Waals surface area contributed by atoms with E-state index < -0.39 is 19.8 Å². The molecule has 1 aromatic carbocycles. The van der Waals surface area contributed by atoms with Gasteiger partial charge < -0.3 is 24.2 Å². The van der Waals surface area contributed by atoms with Crippen molar-refractivity contribution in [3.05, 3.63) is 22.2 Å². The Hall–Kier alpha value is -1.74. The number of carbonyl (C=O) groups is 1. The summed E-state index contributed by atoms with van der Waals surface area (Å²) in [6, 6.07) is 3.42. The summed E-state index contributed by atoms with van der Waals surface area (Å²) >= 11 is 3.36. The van der Waals surface area contributed by atoms with Gasteiger partial charge in [0.2, 0.25) is 5.91 Å². The number of hydrogen-bond acceptors (Lipinski definition) is 6. The lowest BCUT2D eigenvalue weighted by Crippen LogP contribution is -2.29. The summed E-state index contributed by atoms with van der Waals surface area (Å²) in [7, 11) is -1.54. The SMILES string of the molecule is COc1nc2cc(Br)cc(CN(CP(=O)(O)O)C(C)=O)c2nc1OC. The average molecular weight is 434 g/mol. The molecule has 0 saturated heterocycles. The van der Waals surface area contributed by atoms with Crippen LogP contribution in [0.3, 0.4) is 0 Å². The third-order valence-electron chi connectivity index (χ3n) is 3.30. The van der Waals surface area contributed by atoms with Crippen molar-refractivity contribution in [3.8, 4) is 11.8 Å². The number of hydrogen-bond donors (Lipinski definition) is 2. The van der Waals surface area contributed by atoms with Crippen LogP contribution < -0.4 is 9.47 Å². The first-order valence-electron chi connectivity index (χ1n) is 7.03. The second-order valence-electron chi connectivity index (χ2n) is 5.20. The third kappa shape index (κ3) is 4.88. The van der Waals surface area contributed by atoms with E-state index in [1.54, 1.807) is 12.1 Å². The Bertz CT molecular complexity index is 856. The Balaban J connectivity index is 2.55. The molecule has 136 valence electrons. The lowest BCUT2D eigenvalue weighted by Gasteiger charge is -2.22. The molecule has 1 aromatic heterocycles. The molecule has 9 nitrogen and oxygen atoms in total. The van der Waals surface area contributed by atoms with Gasteiger partial charge in [-0.3, -0.25) is 9.36 Å². The summed E-state index contributed by atoms with van der Waals surface area (Å²) < 4.78 is 22.2. The van der Waals surface area contributed by atoms with Crippen molar-refractivity contribution in [2.24, 2.45) is 0 Å². The minimum Gasteiger partial charge on any atom is -0.477 e. The molecule has 2 rings (SSSR count). The smallest absolute Gasteiger partial charge is 0.344 e. The number of ether oxygens (including phenoxy) is 2. The number of carbonyl (C=O) groups excluding carboxylic acids is 1. The average Bonchev–Trinajstić information content (AvgIpc) is 2.51. The molecule has 2 aromatic rings. The number of fused-ring (bicyclic) bond motifs is 1. The molecule has 0 fully saturated rings. The van der Waals surface area contributed by atoms with Gasteiger partial charge in [0.1, 0.15) is 6.29 Å². The summed E-state index contributed by atoms with van der Waals surface area (Å²) in [5, 5.41) is 0. The standard InChI is InChI=1S/C14H17BrN3O6P/c1-8(19)18(7-25(20,21)22)6-9-4-10(15)5-11-12(9)17-14(24-3)13(16-11)23-2/h4-5H,6-7H2,1-3H3,(H2,20,21,22). The second kappa shape index (κ2) is 7.65. The number of amides is 1. The molecule has 0 saturated carbocycles. The summed E-state index contributed by atoms with van der Waals surface area (Å²) in [6.45, 7) is 1.20. The van der Waals surface area contributed by atoms with Gasteiger partial charge in [-0.05, 0) is 12.1 Å². The first kappa shape index (κ1) is 19.6. The molecule has 0 atom stereocenters. The fraction of sp³-hybridized carbons (Fsp3) is 0.357. The molecule has 25 heavy (non-hydrogen) atoms. The van der Waals surface area contributed by atoms with E-state index in [1.165, 1.54) is 21.1 Å². The van der Waals surface area contributed by atoms with E-state index in [-0.39, 0.29) is 18.3 Å². The lowest BCUT2D eigenvalue weighted by molar-refractivity contribution is -0.128. The first-order valence-corrected chi connectivity index (χ1v) is 9.62. The van der Waals surface area contributed by atoms with Crippen LogP contribution in [0.5, 0.6) is 11.8 Å². The molecule has 1 amide bonds. The van der Waals surface area contributed by atoms with Gasteiger partial charge in [0.05, 0.1) is 25.3 Å². The van der Waals surface area contributed by atoms with E-state index in [0.717, 1.165) is 4.90 Å². The van der Waals surface area contributed by atoms with Gasteiger partial charge >= 0.3 is 7.60 Å². The van der Waals surface area contributed by atoms with Crippen LogP contribution in [0, 0.1) is 0 Å². The number of nitrogens with zero attached hydrogens (tertiary/aromatic N) is 3. The monoisotopic (exact) mass is 433 g/mol. The molecule has 2 N–H and O–H groups in total. The topological polar surface area (TPSA) is 122 Å². The number of methoxy groups -OCH3 is 2. The van der Waals surface area contributed by atoms with Crippen molar-refractivity contribution in [1.29, 1.82) is 0 Å². The Labute approximate surface area is 152 Å². The second-order valence-corrected chi connectivity index (χ2v) is 7.73. The van der Waals surface area contributed by atoms with Gasteiger partial charge in [-0.1, -0.05) is 15.9 Å². The van der Waals surface area contributed by atoms with Crippen molar-refractivity contribution in [3.63, 3.8) is 0 Å². The molecule has 0 bridgehead atoms. The molecule has 1 heterocycles. The normalized spacial score (nSPS) is 11.4. The highest BCUT2D eigenvalue weighted by Gasteiger charge is 2.23. The summed E-state index contributed by atoms with van der Waals surface area (Å²) in [5.74, 6) is -0.0921. The maximum absolute atomic E-state index is 11.8. The van der Waals surface area contributed by atoms with Crippen LogP contribution >= 0.6 is 23.5 Å². The van der Waals surface area contributed by atoms with Crippen LogP contribution in [0.4, 0.5) is 0 Å². The third-order valence-corrected chi connectivity index (χ3v) is 4.47. The van der Waals surface area contributed by atoms with Crippen LogP contribution in [-0.4, -0.2) is 51.1 Å². The zero-order valence-corrected chi connectivity index (χ0v) is 16.2. The van der Waals surface area contributed by atoms with E-state index in [2.05, 4.69) is 25.9 Å². The highest BCUT2D eigenvalue weighted by Crippen LogP contribution is 2.36. The fourth-order valence-electron chi connectivity index (χ4n) is 2.24. The number of benzene rings is 1. The van der Waals surface area contributed by atoms with Crippen molar-refractivity contribution < 1.29 is 28.6 Å². The van der Waals surface area contributed by atoms with E-state index in [0.29, 0.717) is 21.1 Å². The minimum atomic E-state index is -4.40. The number of halogens is 1. The van der Waals surface area contributed by atoms with Crippen LogP contribution in [0.2, 0.25) is 0 Å². The van der Waals surface area contributed by atoms with Crippen molar-refractivity contribution >= 4 is 40.5 Å². The van der Waals surface area contributed by atoms with E-state index in [9.17, 15) is 19.1 Å².